The van der Waals surface area contributed by atoms with Crippen LogP contribution in [0.2, 0.25) is 0 Å². The van der Waals surface area contributed by atoms with Crippen molar-refractivity contribution in [1.82, 2.24) is 4.98 Å². The molecule has 1 aliphatic rings. The minimum Gasteiger partial charge on any atom is -0.292 e. The Balaban J connectivity index is 2.11. The van der Waals surface area contributed by atoms with Gasteiger partial charge in [0.15, 0.2) is 5.78 Å². The number of hydrogen-bond acceptors (Lipinski definition) is 2. The fourth-order valence-electron chi connectivity index (χ4n) is 2.07. The van der Waals surface area contributed by atoms with Gasteiger partial charge in [0.25, 0.3) is 0 Å². The number of ketones is 1. The number of benzene rings is 1. The summed E-state index contributed by atoms with van der Waals surface area (Å²) in [5, 5.41) is 0. The van der Waals surface area contributed by atoms with E-state index in [9.17, 15) is 4.79 Å². The van der Waals surface area contributed by atoms with E-state index >= 15 is 0 Å². The fraction of sp³-hybridized carbons (Fsp3) is 0.143. The van der Waals surface area contributed by atoms with Crippen LogP contribution in [-0.4, -0.2) is 10.8 Å². The number of hydrogen-bond donors (Lipinski definition) is 0. The minimum atomic E-state index is 0.174. The Hall–Kier alpha value is -1.96. The largest absolute Gasteiger partial charge is 0.292 e. The molecule has 1 aromatic heterocycles. The van der Waals surface area contributed by atoms with E-state index in [0.29, 0.717) is 12.1 Å². The van der Waals surface area contributed by atoms with Crippen molar-refractivity contribution in [3.8, 4) is 11.3 Å². The van der Waals surface area contributed by atoms with Crippen LogP contribution in [0.5, 0.6) is 0 Å². The number of aryl methyl sites for hydroxylation is 1. The number of Topliss-reactive ketones (excluding diaryl/α,β-unsaturated/α-hetero) is 1. The van der Waals surface area contributed by atoms with E-state index in [1.165, 1.54) is 0 Å². The molecule has 16 heavy (non-hydrogen) atoms. The van der Waals surface area contributed by atoms with Crippen LogP contribution in [0.1, 0.15) is 22.5 Å². The second kappa shape index (κ2) is 3.56. The Morgan fingerprint density at radius 1 is 0.938 bits per heavy atom. The number of fused-ring (bicyclic) bond motifs is 1. The molecule has 2 aromatic rings. The van der Waals surface area contributed by atoms with Crippen molar-refractivity contribution in [3.63, 3.8) is 0 Å². The maximum atomic E-state index is 11.6. The maximum Gasteiger partial charge on any atom is 0.181 e. The summed E-state index contributed by atoms with van der Waals surface area (Å²) in [6, 6.07) is 14.0. The van der Waals surface area contributed by atoms with Gasteiger partial charge in [0.2, 0.25) is 0 Å². The Kier molecular flexibility index (Phi) is 2.07. The summed E-state index contributed by atoms with van der Waals surface area (Å²) in [6.45, 7) is 0. The van der Waals surface area contributed by atoms with Crippen molar-refractivity contribution in [1.29, 1.82) is 0 Å². The summed E-state index contributed by atoms with van der Waals surface area (Å²) in [5.41, 5.74) is 3.70. The number of nitrogens with zero attached hydrogens (tertiary/aromatic N) is 1. The number of aromatic nitrogens is 1. The molecular weight excluding hydrogens is 198 g/mol. The van der Waals surface area contributed by atoms with Gasteiger partial charge in [-0.1, -0.05) is 36.4 Å². The summed E-state index contributed by atoms with van der Waals surface area (Å²) in [4.78, 5) is 16.0. The van der Waals surface area contributed by atoms with E-state index in [4.69, 9.17) is 0 Å². The van der Waals surface area contributed by atoms with Crippen molar-refractivity contribution in [2.75, 3.05) is 0 Å². The molecule has 0 fully saturated rings. The number of carbonyl (C=O) groups excluding carboxylic acids is 1. The first kappa shape index (κ1) is 9.28. The quantitative estimate of drug-likeness (QED) is 0.722. The van der Waals surface area contributed by atoms with Gasteiger partial charge in [-0.25, -0.2) is 4.98 Å². The van der Waals surface area contributed by atoms with Crippen molar-refractivity contribution in [3.05, 3.63) is 53.7 Å². The molecule has 0 aliphatic heterocycles. The van der Waals surface area contributed by atoms with Gasteiger partial charge in [-0.15, -0.1) is 0 Å². The highest BCUT2D eigenvalue weighted by Crippen LogP contribution is 2.24. The third kappa shape index (κ3) is 1.43. The minimum absolute atomic E-state index is 0.174. The first-order valence-electron chi connectivity index (χ1n) is 5.43. The molecule has 3 rings (SSSR count). The Bertz CT molecular complexity index is 546. The van der Waals surface area contributed by atoms with Crippen molar-refractivity contribution in [2.24, 2.45) is 0 Å². The second-order valence-corrected chi connectivity index (χ2v) is 3.99. The third-order valence-electron chi connectivity index (χ3n) is 2.93. The zero-order valence-corrected chi connectivity index (χ0v) is 8.81. The van der Waals surface area contributed by atoms with Crippen LogP contribution >= 0.6 is 0 Å². The Morgan fingerprint density at radius 3 is 2.56 bits per heavy atom. The zero-order chi connectivity index (χ0) is 11.0. The maximum absolute atomic E-state index is 11.6. The molecular formula is C14H11NO. The third-order valence-corrected chi connectivity index (χ3v) is 2.93. The highest BCUT2D eigenvalue weighted by molar-refractivity contribution is 5.99. The first-order valence-corrected chi connectivity index (χ1v) is 5.43. The van der Waals surface area contributed by atoms with Crippen LogP contribution in [0, 0.1) is 0 Å². The van der Waals surface area contributed by atoms with Gasteiger partial charge in [0, 0.05) is 12.0 Å². The molecule has 0 N–H and O–H groups in total. The molecule has 0 amide bonds. The van der Waals surface area contributed by atoms with Crippen molar-refractivity contribution < 1.29 is 4.79 Å². The number of rotatable bonds is 1. The van der Waals surface area contributed by atoms with E-state index < -0.39 is 0 Å². The summed E-state index contributed by atoms with van der Waals surface area (Å²) in [7, 11) is 0. The smallest absolute Gasteiger partial charge is 0.181 e. The second-order valence-electron chi connectivity index (χ2n) is 3.99. The van der Waals surface area contributed by atoms with Gasteiger partial charge < -0.3 is 0 Å². The van der Waals surface area contributed by atoms with Gasteiger partial charge in [0.05, 0.1) is 5.69 Å². The molecule has 0 saturated carbocycles. The summed E-state index contributed by atoms with van der Waals surface area (Å²) >= 11 is 0. The molecule has 0 bridgehead atoms. The van der Waals surface area contributed by atoms with Gasteiger partial charge in [0.1, 0.15) is 5.69 Å². The summed E-state index contributed by atoms with van der Waals surface area (Å²) in [5.74, 6) is 0.174. The number of pyridine rings is 1. The predicted octanol–water partition coefficient (Wildman–Crippen LogP) is 2.88. The molecule has 0 unspecified atom stereocenters. The molecule has 2 heteroatoms. The van der Waals surface area contributed by atoms with Gasteiger partial charge in [-0.3, -0.25) is 4.79 Å². The van der Waals surface area contributed by atoms with Crippen LogP contribution in [-0.2, 0) is 6.42 Å². The lowest BCUT2D eigenvalue weighted by atomic mass is 10.1. The average molecular weight is 209 g/mol. The molecule has 1 aliphatic carbocycles. The zero-order valence-electron chi connectivity index (χ0n) is 8.81. The van der Waals surface area contributed by atoms with Crippen molar-refractivity contribution in [2.45, 2.75) is 12.8 Å². The Labute approximate surface area is 94.0 Å². The monoisotopic (exact) mass is 209 g/mol. The molecule has 78 valence electrons. The molecule has 0 atom stereocenters. The first-order chi connectivity index (χ1) is 7.84. The summed E-state index contributed by atoms with van der Waals surface area (Å²) < 4.78 is 0. The van der Waals surface area contributed by atoms with Crippen LogP contribution in [0.25, 0.3) is 11.3 Å². The van der Waals surface area contributed by atoms with Crippen LogP contribution in [0.3, 0.4) is 0 Å². The van der Waals surface area contributed by atoms with Crippen LogP contribution in [0.15, 0.2) is 42.5 Å². The molecule has 1 heterocycles. The molecule has 0 saturated heterocycles. The lowest BCUT2D eigenvalue weighted by molar-refractivity contribution is 0.0990. The van der Waals surface area contributed by atoms with Crippen molar-refractivity contribution >= 4 is 5.78 Å². The standard InChI is InChI=1S/C14H11NO/c16-13-9-7-11-6-8-12(15-14(11)13)10-4-2-1-3-5-10/h1-6,8H,7,9H2. The Morgan fingerprint density at radius 2 is 1.75 bits per heavy atom. The average Bonchev–Trinajstić information content (AvgIpc) is 2.72. The van der Waals surface area contributed by atoms with Crippen LogP contribution in [0.4, 0.5) is 0 Å². The lowest BCUT2D eigenvalue weighted by Crippen LogP contribution is -1.97. The van der Waals surface area contributed by atoms with Gasteiger partial charge in [-0.2, -0.15) is 0 Å². The highest BCUT2D eigenvalue weighted by atomic mass is 16.1. The topological polar surface area (TPSA) is 30.0 Å². The van der Waals surface area contributed by atoms with E-state index in [1.807, 2.05) is 42.5 Å². The van der Waals surface area contributed by atoms with E-state index in [-0.39, 0.29) is 5.78 Å². The van der Waals surface area contributed by atoms with E-state index in [0.717, 1.165) is 23.2 Å². The normalized spacial score (nSPS) is 13.9. The molecule has 0 spiro atoms. The highest BCUT2D eigenvalue weighted by Gasteiger charge is 2.21. The van der Waals surface area contributed by atoms with E-state index in [1.54, 1.807) is 0 Å². The van der Waals surface area contributed by atoms with Gasteiger partial charge >= 0.3 is 0 Å². The van der Waals surface area contributed by atoms with Crippen LogP contribution < -0.4 is 0 Å². The molecule has 1 aromatic carbocycles. The fourth-order valence-corrected chi connectivity index (χ4v) is 2.07. The van der Waals surface area contributed by atoms with E-state index in [2.05, 4.69) is 4.98 Å². The van der Waals surface area contributed by atoms with Gasteiger partial charge in [-0.05, 0) is 18.1 Å². The molecule has 0 radical (unpaired) electrons. The lowest BCUT2D eigenvalue weighted by Gasteiger charge is -2.02. The summed E-state index contributed by atoms with van der Waals surface area (Å²) in [6.07, 6.45) is 1.46. The predicted molar refractivity (Wildman–Crippen MR) is 62.3 cm³/mol. The molecule has 2 nitrogen and oxygen atoms in total. The number of carbonyl (C=O) groups is 1. The SMILES string of the molecule is O=C1CCc2ccc(-c3ccccc3)nc21.